The molecule has 6 nitrogen and oxygen atoms in total. The van der Waals surface area contributed by atoms with Gasteiger partial charge in [0.05, 0.1) is 10.9 Å². The standard InChI is InChI=1S/C21H27ClN4O2S/c1-2-23-21(25-13-17(27)18-8-9-19(22)29-18)24-12-15-5-3-6-16(11-15)14-26-10-4-7-20(26)28/h3,5-6,8-9,11,17,27H,2,4,7,10,12-14H2,1H3,(H2,23,24,25). The Hall–Kier alpha value is -2.09. The number of aliphatic imine (C=N–C) groups is 1. The van der Waals surface area contributed by atoms with Gasteiger partial charge in [-0.25, -0.2) is 4.99 Å². The molecule has 1 amide bonds. The monoisotopic (exact) mass is 434 g/mol. The first kappa shape index (κ1) is 21.6. The number of aliphatic hydroxyl groups excluding tert-OH is 1. The van der Waals surface area contributed by atoms with Crippen LogP contribution in [-0.4, -0.2) is 41.5 Å². The molecule has 2 aromatic rings. The summed E-state index contributed by atoms with van der Waals surface area (Å²) in [7, 11) is 0. The maximum absolute atomic E-state index is 11.8. The number of hydrogen-bond donors (Lipinski definition) is 3. The van der Waals surface area contributed by atoms with E-state index >= 15 is 0 Å². The molecule has 29 heavy (non-hydrogen) atoms. The fourth-order valence-electron chi connectivity index (χ4n) is 3.23. The summed E-state index contributed by atoms with van der Waals surface area (Å²) in [4.78, 5) is 19.2. The first-order valence-electron chi connectivity index (χ1n) is 9.86. The zero-order valence-corrected chi connectivity index (χ0v) is 18.1. The quantitative estimate of drug-likeness (QED) is 0.440. The van der Waals surface area contributed by atoms with E-state index in [0.717, 1.165) is 35.5 Å². The molecule has 0 spiro atoms. The van der Waals surface area contributed by atoms with Gasteiger partial charge in [-0.15, -0.1) is 11.3 Å². The number of amides is 1. The summed E-state index contributed by atoms with van der Waals surface area (Å²) < 4.78 is 0.662. The van der Waals surface area contributed by atoms with Crippen molar-refractivity contribution in [1.29, 1.82) is 0 Å². The average molecular weight is 435 g/mol. The number of likely N-dealkylation sites (tertiary alicyclic amines) is 1. The van der Waals surface area contributed by atoms with Gasteiger partial charge in [-0.1, -0.05) is 35.9 Å². The van der Waals surface area contributed by atoms with Crippen LogP contribution in [0.4, 0.5) is 0 Å². The van der Waals surface area contributed by atoms with Gasteiger partial charge < -0.3 is 20.6 Å². The molecule has 3 rings (SSSR count). The average Bonchev–Trinajstić information content (AvgIpc) is 3.32. The normalized spacial score (nSPS) is 15.6. The van der Waals surface area contributed by atoms with Crippen molar-refractivity contribution in [2.24, 2.45) is 4.99 Å². The molecule has 156 valence electrons. The van der Waals surface area contributed by atoms with Crippen LogP contribution in [0.3, 0.4) is 0 Å². The molecule has 1 unspecified atom stereocenters. The lowest BCUT2D eigenvalue weighted by molar-refractivity contribution is -0.128. The van der Waals surface area contributed by atoms with E-state index in [2.05, 4.69) is 21.7 Å². The minimum atomic E-state index is -0.641. The summed E-state index contributed by atoms with van der Waals surface area (Å²) in [6.07, 6.45) is 0.965. The van der Waals surface area contributed by atoms with E-state index in [1.807, 2.05) is 36.1 Å². The fraction of sp³-hybridized carbons (Fsp3) is 0.429. The van der Waals surface area contributed by atoms with Crippen molar-refractivity contribution in [3.63, 3.8) is 0 Å². The van der Waals surface area contributed by atoms with Crippen LogP contribution in [0.5, 0.6) is 0 Å². The second kappa shape index (κ2) is 10.6. The molecule has 0 radical (unpaired) electrons. The van der Waals surface area contributed by atoms with Gasteiger partial charge in [-0.2, -0.15) is 0 Å². The predicted molar refractivity (Wildman–Crippen MR) is 118 cm³/mol. The zero-order valence-electron chi connectivity index (χ0n) is 16.5. The third kappa shape index (κ3) is 6.45. The molecule has 1 fully saturated rings. The highest BCUT2D eigenvalue weighted by atomic mass is 35.5. The Morgan fingerprint density at radius 1 is 1.31 bits per heavy atom. The number of rotatable bonds is 8. The number of carbonyl (C=O) groups excluding carboxylic acids is 1. The van der Waals surface area contributed by atoms with E-state index in [9.17, 15) is 9.90 Å². The number of nitrogens with zero attached hydrogens (tertiary/aromatic N) is 2. The molecule has 3 N–H and O–H groups in total. The lowest BCUT2D eigenvalue weighted by atomic mass is 10.1. The third-order valence-electron chi connectivity index (χ3n) is 4.69. The van der Waals surface area contributed by atoms with Gasteiger partial charge in [-0.05, 0) is 36.6 Å². The van der Waals surface area contributed by atoms with Crippen LogP contribution in [0.2, 0.25) is 4.34 Å². The molecule has 0 saturated carbocycles. The highest BCUT2D eigenvalue weighted by Crippen LogP contribution is 2.26. The molecule has 8 heteroatoms. The Bertz CT molecular complexity index is 855. The molecule has 1 aliphatic rings. The van der Waals surface area contributed by atoms with E-state index in [1.165, 1.54) is 11.3 Å². The van der Waals surface area contributed by atoms with Crippen molar-refractivity contribution in [3.05, 3.63) is 56.7 Å². The Morgan fingerprint density at radius 2 is 2.14 bits per heavy atom. The number of thiophene rings is 1. The van der Waals surface area contributed by atoms with Crippen molar-refractivity contribution in [1.82, 2.24) is 15.5 Å². The summed E-state index contributed by atoms with van der Waals surface area (Å²) in [5, 5.41) is 16.7. The first-order valence-corrected chi connectivity index (χ1v) is 11.1. The number of guanidine groups is 1. The second-order valence-electron chi connectivity index (χ2n) is 6.97. The van der Waals surface area contributed by atoms with Crippen molar-refractivity contribution >= 4 is 34.8 Å². The van der Waals surface area contributed by atoms with E-state index in [4.69, 9.17) is 11.6 Å². The number of benzene rings is 1. The van der Waals surface area contributed by atoms with Gasteiger partial charge in [0.2, 0.25) is 5.91 Å². The molecule has 1 atom stereocenters. The summed E-state index contributed by atoms with van der Waals surface area (Å²) in [6.45, 7) is 5.08. The van der Waals surface area contributed by atoms with Crippen molar-refractivity contribution in [2.45, 2.75) is 39.0 Å². The van der Waals surface area contributed by atoms with Crippen molar-refractivity contribution in [3.8, 4) is 0 Å². The zero-order chi connectivity index (χ0) is 20.6. The largest absolute Gasteiger partial charge is 0.386 e. The number of nitrogens with one attached hydrogen (secondary N) is 2. The molecule has 0 aliphatic carbocycles. The Kier molecular flexibility index (Phi) is 7.91. The maximum Gasteiger partial charge on any atom is 0.222 e. The molecule has 0 bridgehead atoms. The van der Waals surface area contributed by atoms with Crippen molar-refractivity contribution in [2.75, 3.05) is 19.6 Å². The summed E-state index contributed by atoms with van der Waals surface area (Å²) >= 11 is 7.31. The minimum Gasteiger partial charge on any atom is -0.386 e. The molecule has 1 saturated heterocycles. The molecule has 2 heterocycles. The molecular weight excluding hydrogens is 408 g/mol. The van der Waals surface area contributed by atoms with Crippen LogP contribution in [0.25, 0.3) is 0 Å². The highest BCUT2D eigenvalue weighted by molar-refractivity contribution is 7.16. The number of aliphatic hydroxyl groups is 1. The smallest absolute Gasteiger partial charge is 0.222 e. The van der Waals surface area contributed by atoms with Gasteiger partial charge in [-0.3, -0.25) is 4.79 Å². The van der Waals surface area contributed by atoms with Crippen LogP contribution < -0.4 is 10.6 Å². The van der Waals surface area contributed by atoms with E-state index < -0.39 is 6.10 Å². The topological polar surface area (TPSA) is 77.0 Å². The Morgan fingerprint density at radius 3 is 2.83 bits per heavy atom. The maximum atomic E-state index is 11.8. The SMILES string of the molecule is CCNC(=NCc1cccc(CN2CCCC2=O)c1)NCC(O)c1ccc(Cl)s1. The lowest BCUT2D eigenvalue weighted by Crippen LogP contribution is -2.39. The summed E-state index contributed by atoms with van der Waals surface area (Å²) in [5.41, 5.74) is 2.20. The van der Waals surface area contributed by atoms with Gasteiger partial charge in [0.15, 0.2) is 5.96 Å². The van der Waals surface area contributed by atoms with Gasteiger partial charge in [0, 0.05) is 37.5 Å². The van der Waals surface area contributed by atoms with Crippen LogP contribution in [-0.2, 0) is 17.9 Å². The molecule has 1 aromatic heterocycles. The fourth-order valence-corrected chi connectivity index (χ4v) is 4.28. The predicted octanol–water partition coefficient (Wildman–Crippen LogP) is 3.31. The number of hydrogen-bond acceptors (Lipinski definition) is 4. The van der Waals surface area contributed by atoms with E-state index in [-0.39, 0.29) is 5.91 Å². The molecule has 1 aromatic carbocycles. The molecular formula is C21H27ClN4O2S. The molecule has 1 aliphatic heterocycles. The lowest BCUT2D eigenvalue weighted by Gasteiger charge is -2.16. The van der Waals surface area contributed by atoms with Crippen LogP contribution >= 0.6 is 22.9 Å². The summed E-state index contributed by atoms with van der Waals surface area (Å²) in [5.74, 6) is 0.881. The first-order chi connectivity index (χ1) is 14.0. The van der Waals surface area contributed by atoms with Crippen LogP contribution in [0, 0.1) is 0 Å². The third-order valence-corrected chi connectivity index (χ3v) is 6.02. The Labute approximate surface area is 180 Å². The van der Waals surface area contributed by atoms with Gasteiger partial charge >= 0.3 is 0 Å². The highest BCUT2D eigenvalue weighted by Gasteiger charge is 2.19. The van der Waals surface area contributed by atoms with E-state index in [1.54, 1.807) is 6.07 Å². The van der Waals surface area contributed by atoms with Crippen molar-refractivity contribution < 1.29 is 9.90 Å². The van der Waals surface area contributed by atoms with Gasteiger partial charge in [0.1, 0.15) is 6.10 Å². The summed E-state index contributed by atoms with van der Waals surface area (Å²) in [6, 6.07) is 11.8. The van der Waals surface area contributed by atoms with E-state index in [0.29, 0.717) is 36.4 Å². The second-order valence-corrected chi connectivity index (χ2v) is 8.72. The van der Waals surface area contributed by atoms with Crippen LogP contribution in [0.15, 0.2) is 41.4 Å². The minimum absolute atomic E-state index is 0.234. The van der Waals surface area contributed by atoms with Gasteiger partial charge in [0.25, 0.3) is 0 Å². The number of carbonyl (C=O) groups is 1. The van der Waals surface area contributed by atoms with Crippen LogP contribution in [0.1, 0.15) is 41.9 Å². The Balaban J connectivity index is 1.57. The number of halogens is 1.